The van der Waals surface area contributed by atoms with Gasteiger partial charge in [0, 0.05) is 5.56 Å². The predicted octanol–water partition coefficient (Wildman–Crippen LogP) is 2.96. The molecule has 0 fully saturated rings. The first kappa shape index (κ1) is 9.97. The minimum Gasteiger partial charge on any atom is -0.426 e. The average Bonchev–Trinajstić information content (AvgIpc) is 2.50. The van der Waals surface area contributed by atoms with Gasteiger partial charge in [0.1, 0.15) is 5.75 Å². The monoisotopic (exact) mass is 202 g/mol. The van der Waals surface area contributed by atoms with Crippen molar-refractivity contribution in [1.82, 2.24) is 0 Å². The number of carbonyl (C=O) groups is 1. The lowest BCUT2D eigenvalue weighted by Gasteiger charge is -2.04. The van der Waals surface area contributed by atoms with Gasteiger partial charge < -0.3 is 4.74 Å². The van der Waals surface area contributed by atoms with Crippen LogP contribution in [0.25, 0.3) is 0 Å². The maximum atomic E-state index is 11.6. The van der Waals surface area contributed by atoms with Crippen molar-refractivity contribution in [2.75, 3.05) is 0 Å². The highest BCUT2D eigenvalue weighted by Gasteiger charge is 2.32. The molecule has 0 saturated carbocycles. The van der Waals surface area contributed by atoms with Gasteiger partial charge in [0.2, 0.25) is 0 Å². The molecule has 2 heteroatoms. The van der Waals surface area contributed by atoms with E-state index in [1.807, 2.05) is 31.2 Å². The van der Waals surface area contributed by atoms with Crippen molar-refractivity contribution in [2.24, 2.45) is 0 Å². The topological polar surface area (TPSA) is 26.3 Å². The van der Waals surface area contributed by atoms with Crippen LogP contribution >= 0.6 is 0 Å². The molecule has 0 spiro atoms. The van der Waals surface area contributed by atoms with Gasteiger partial charge in [0.15, 0.2) is 0 Å². The smallest absolute Gasteiger partial charge is 0.318 e. The van der Waals surface area contributed by atoms with E-state index in [0.29, 0.717) is 0 Å². The van der Waals surface area contributed by atoms with Gasteiger partial charge in [-0.25, -0.2) is 0 Å². The van der Waals surface area contributed by atoms with E-state index in [0.717, 1.165) is 29.7 Å². The molecule has 2 rings (SSSR count). The molecule has 1 aromatic carbocycles. The highest BCUT2D eigenvalue weighted by molar-refractivity contribution is 5.86. The van der Waals surface area contributed by atoms with Crippen LogP contribution < -0.4 is 4.74 Å². The molecule has 1 atom stereocenters. The molecule has 0 aliphatic carbocycles. The Kier molecular flexibility index (Phi) is 2.58. The van der Waals surface area contributed by atoms with Gasteiger partial charge in [-0.3, -0.25) is 4.79 Å². The Balaban J connectivity index is 2.29. The molecule has 1 heterocycles. The fraction of sp³-hybridized carbons (Fsp3) is 0.308. The van der Waals surface area contributed by atoms with Gasteiger partial charge in [-0.15, -0.1) is 6.58 Å². The summed E-state index contributed by atoms with van der Waals surface area (Å²) in [4.78, 5) is 11.6. The van der Waals surface area contributed by atoms with Crippen molar-refractivity contribution in [1.29, 1.82) is 0 Å². The van der Waals surface area contributed by atoms with E-state index in [-0.39, 0.29) is 11.9 Å². The first-order chi connectivity index (χ1) is 7.22. The SMILES string of the molecule is C=CCCC1C(=O)Oc2cc(C)ccc21. The third-order valence-corrected chi connectivity index (χ3v) is 2.70. The lowest BCUT2D eigenvalue weighted by Crippen LogP contribution is -2.09. The summed E-state index contributed by atoms with van der Waals surface area (Å²) in [6.45, 7) is 5.66. The zero-order valence-electron chi connectivity index (χ0n) is 8.82. The summed E-state index contributed by atoms with van der Waals surface area (Å²) in [5.41, 5.74) is 2.14. The average molecular weight is 202 g/mol. The maximum absolute atomic E-state index is 11.6. The number of hydrogen-bond acceptors (Lipinski definition) is 2. The standard InChI is InChI=1S/C13H14O2/c1-3-4-5-11-10-7-6-9(2)8-12(10)15-13(11)14/h3,6-8,11H,1,4-5H2,2H3. The van der Waals surface area contributed by atoms with Gasteiger partial charge in [-0.05, 0) is 31.4 Å². The van der Waals surface area contributed by atoms with Crippen molar-refractivity contribution < 1.29 is 9.53 Å². The third-order valence-electron chi connectivity index (χ3n) is 2.70. The van der Waals surface area contributed by atoms with E-state index >= 15 is 0 Å². The largest absolute Gasteiger partial charge is 0.426 e. The molecule has 0 saturated heterocycles. The number of ether oxygens (including phenoxy) is 1. The summed E-state index contributed by atoms with van der Waals surface area (Å²) >= 11 is 0. The molecule has 0 bridgehead atoms. The summed E-state index contributed by atoms with van der Waals surface area (Å²) in [7, 11) is 0. The van der Waals surface area contributed by atoms with Gasteiger partial charge in [-0.2, -0.15) is 0 Å². The lowest BCUT2D eigenvalue weighted by atomic mass is 9.95. The molecular weight excluding hydrogens is 188 g/mol. The van der Waals surface area contributed by atoms with E-state index in [1.54, 1.807) is 0 Å². The molecule has 78 valence electrons. The van der Waals surface area contributed by atoms with Crippen LogP contribution in [0.3, 0.4) is 0 Å². The van der Waals surface area contributed by atoms with Crippen LogP contribution in [-0.2, 0) is 4.79 Å². The number of esters is 1. The zero-order valence-corrected chi connectivity index (χ0v) is 8.82. The molecule has 1 aliphatic heterocycles. The van der Waals surface area contributed by atoms with Crippen LogP contribution in [0.4, 0.5) is 0 Å². The molecule has 15 heavy (non-hydrogen) atoms. The van der Waals surface area contributed by atoms with Crippen molar-refractivity contribution in [3.63, 3.8) is 0 Å². The Bertz CT molecular complexity index is 407. The predicted molar refractivity (Wildman–Crippen MR) is 59.0 cm³/mol. The molecule has 0 radical (unpaired) electrons. The van der Waals surface area contributed by atoms with E-state index in [2.05, 4.69) is 6.58 Å². The number of benzene rings is 1. The molecule has 1 aromatic rings. The Morgan fingerprint density at radius 2 is 2.33 bits per heavy atom. The highest BCUT2D eigenvalue weighted by Crippen LogP contribution is 2.37. The van der Waals surface area contributed by atoms with Gasteiger partial charge in [0.25, 0.3) is 0 Å². The van der Waals surface area contributed by atoms with E-state index < -0.39 is 0 Å². The van der Waals surface area contributed by atoms with E-state index in [4.69, 9.17) is 4.74 Å². The Labute approximate surface area is 89.6 Å². The zero-order chi connectivity index (χ0) is 10.8. The van der Waals surface area contributed by atoms with E-state index in [1.165, 1.54) is 0 Å². The number of allylic oxidation sites excluding steroid dienone is 1. The first-order valence-electron chi connectivity index (χ1n) is 5.15. The summed E-state index contributed by atoms with van der Waals surface area (Å²) in [6.07, 6.45) is 3.46. The molecular formula is C13H14O2. The summed E-state index contributed by atoms with van der Waals surface area (Å²) in [5, 5.41) is 0. The number of rotatable bonds is 3. The molecule has 0 N–H and O–H groups in total. The fourth-order valence-corrected chi connectivity index (χ4v) is 1.88. The summed E-state index contributed by atoms with van der Waals surface area (Å²) < 4.78 is 5.22. The lowest BCUT2D eigenvalue weighted by molar-refractivity contribution is -0.134. The van der Waals surface area contributed by atoms with E-state index in [9.17, 15) is 4.79 Å². The quantitative estimate of drug-likeness (QED) is 0.428. The molecule has 0 aromatic heterocycles. The number of aryl methyl sites for hydroxylation is 1. The van der Waals surface area contributed by atoms with Crippen LogP contribution in [-0.4, -0.2) is 5.97 Å². The summed E-state index contributed by atoms with van der Waals surface area (Å²) in [6, 6.07) is 5.92. The third kappa shape index (κ3) is 1.80. The van der Waals surface area contributed by atoms with Gasteiger partial charge >= 0.3 is 5.97 Å². The highest BCUT2D eigenvalue weighted by atomic mass is 16.5. The van der Waals surface area contributed by atoms with Crippen molar-refractivity contribution in [3.05, 3.63) is 42.0 Å². The van der Waals surface area contributed by atoms with Crippen LogP contribution in [0, 0.1) is 6.92 Å². The van der Waals surface area contributed by atoms with Crippen molar-refractivity contribution in [3.8, 4) is 5.75 Å². The minimum atomic E-state index is -0.127. The Morgan fingerprint density at radius 1 is 1.53 bits per heavy atom. The molecule has 0 amide bonds. The maximum Gasteiger partial charge on any atom is 0.318 e. The second kappa shape index (κ2) is 3.89. The number of fused-ring (bicyclic) bond motifs is 1. The Hall–Kier alpha value is -1.57. The van der Waals surface area contributed by atoms with Crippen molar-refractivity contribution in [2.45, 2.75) is 25.7 Å². The van der Waals surface area contributed by atoms with Gasteiger partial charge in [-0.1, -0.05) is 18.2 Å². The second-order valence-electron chi connectivity index (χ2n) is 3.88. The molecule has 1 aliphatic rings. The van der Waals surface area contributed by atoms with Crippen molar-refractivity contribution >= 4 is 5.97 Å². The molecule has 1 unspecified atom stereocenters. The second-order valence-corrected chi connectivity index (χ2v) is 3.88. The normalized spacial score (nSPS) is 18.5. The van der Waals surface area contributed by atoms with Crippen LogP contribution in [0.15, 0.2) is 30.9 Å². The first-order valence-corrected chi connectivity index (χ1v) is 5.15. The van der Waals surface area contributed by atoms with Crippen LogP contribution in [0.2, 0.25) is 0 Å². The number of hydrogen-bond donors (Lipinski definition) is 0. The Morgan fingerprint density at radius 3 is 3.07 bits per heavy atom. The molecule has 2 nitrogen and oxygen atoms in total. The minimum absolute atomic E-state index is 0.0985. The fourth-order valence-electron chi connectivity index (χ4n) is 1.88. The van der Waals surface area contributed by atoms with Crippen LogP contribution in [0.5, 0.6) is 5.75 Å². The van der Waals surface area contributed by atoms with Gasteiger partial charge in [0.05, 0.1) is 5.92 Å². The number of carbonyl (C=O) groups excluding carboxylic acids is 1. The van der Waals surface area contributed by atoms with Crippen LogP contribution in [0.1, 0.15) is 29.9 Å². The summed E-state index contributed by atoms with van der Waals surface area (Å²) in [5.74, 6) is 0.505.